The van der Waals surface area contributed by atoms with Gasteiger partial charge < -0.3 is 0 Å². The highest BCUT2D eigenvalue weighted by Crippen LogP contribution is 2.33. The van der Waals surface area contributed by atoms with Gasteiger partial charge in [-0.3, -0.25) is 0 Å². The second-order valence-electron chi connectivity index (χ2n) is 3.44. The first kappa shape index (κ1) is 11.2. The molecule has 0 aromatic heterocycles. The molecule has 0 aromatic carbocycles. The van der Waals surface area contributed by atoms with Crippen molar-refractivity contribution < 1.29 is 0 Å². The Bertz CT molecular complexity index is 187. The summed E-state index contributed by atoms with van der Waals surface area (Å²) < 4.78 is 0. The zero-order valence-corrected chi connectivity index (χ0v) is 10.2. The van der Waals surface area contributed by atoms with Crippen LogP contribution in [0.15, 0.2) is 11.5 Å². The van der Waals surface area contributed by atoms with Crippen LogP contribution in [0.1, 0.15) is 51.9 Å². The van der Waals surface area contributed by atoms with Crippen LogP contribution < -0.4 is 5.09 Å². The Morgan fingerprint density at radius 3 is 2.62 bits per heavy atom. The molecule has 1 aliphatic rings. The Morgan fingerprint density at radius 2 is 1.92 bits per heavy atom. The molecule has 0 N–H and O–H groups in total. The van der Waals surface area contributed by atoms with Gasteiger partial charge in [-0.25, -0.2) is 5.09 Å². The van der Waals surface area contributed by atoms with Gasteiger partial charge in [-0.2, -0.15) is 0 Å². The van der Waals surface area contributed by atoms with Gasteiger partial charge in [0.15, 0.2) is 0 Å². The van der Waals surface area contributed by atoms with Crippen LogP contribution in [-0.2, 0) is 0 Å². The summed E-state index contributed by atoms with van der Waals surface area (Å²) in [5, 5.41) is 5.73. The summed E-state index contributed by atoms with van der Waals surface area (Å²) in [4.78, 5) is 0. The molecule has 1 rings (SSSR count). The van der Waals surface area contributed by atoms with Crippen molar-refractivity contribution in [3.63, 3.8) is 0 Å². The molecule has 13 heavy (non-hydrogen) atoms. The van der Waals surface area contributed by atoms with Crippen LogP contribution >= 0.6 is 15.9 Å². The smallest absolute Gasteiger partial charge is 0.0696 e. The van der Waals surface area contributed by atoms with Gasteiger partial charge >= 0.3 is 0 Å². The molecule has 1 aliphatic heterocycles. The predicted octanol–water partition coefficient (Wildman–Crippen LogP) is 4.92. The minimum absolute atomic E-state index is 1.23. The van der Waals surface area contributed by atoms with E-state index in [4.69, 9.17) is 0 Å². The van der Waals surface area contributed by atoms with Crippen molar-refractivity contribution in [1.29, 1.82) is 0 Å². The van der Waals surface area contributed by atoms with Crippen LogP contribution in [0.4, 0.5) is 0 Å². The van der Waals surface area contributed by atoms with E-state index in [0.717, 1.165) is 0 Å². The summed E-state index contributed by atoms with van der Waals surface area (Å²) in [6.07, 6.45) is 11.7. The van der Waals surface area contributed by atoms with Gasteiger partial charge in [0.05, 0.1) is 8.02 Å². The van der Waals surface area contributed by atoms with Gasteiger partial charge in [0.1, 0.15) is 0 Å². The Morgan fingerprint density at radius 1 is 1.15 bits per heavy atom. The van der Waals surface area contributed by atoms with E-state index in [2.05, 4.69) is 18.2 Å². The molecule has 0 saturated heterocycles. The lowest BCUT2D eigenvalue weighted by molar-refractivity contribution is 0.610. The number of unbranched alkanes of at least 4 members (excludes halogenated alkanes) is 5. The Balaban J connectivity index is 1.86. The van der Waals surface area contributed by atoms with Gasteiger partial charge in [0.2, 0.25) is 0 Å². The second-order valence-corrected chi connectivity index (χ2v) is 5.76. The topological polar surface area (TPSA) is 14.1 Å². The van der Waals surface area contributed by atoms with Crippen molar-refractivity contribution in [2.45, 2.75) is 51.9 Å². The summed E-state index contributed by atoms with van der Waals surface area (Å²) >= 11 is 0. The van der Waals surface area contributed by atoms with E-state index in [-0.39, 0.29) is 0 Å². The number of rotatable bonds is 7. The standard InChI is InChI=1S/C10H18NP2/c1-2-3-4-5-6-7-8-10-9-11-13-12-10/h9H,2-8H2,1H3. The summed E-state index contributed by atoms with van der Waals surface area (Å²) in [6, 6.07) is 0. The van der Waals surface area contributed by atoms with Crippen LogP contribution in [0.5, 0.6) is 0 Å². The zero-order chi connectivity index (χ0) is 9.36. The number of allylic oxidation sites excluding steroid dienone is 1. The SMILES string of the molecule is CCCCCCCCC1=C[N]P=P1. The molecule has 1 heterocycles. The summed E-state index contributed by atoms with van der Waals surface area (Å²) in [7, 11) is 2.66. The maximum absolute atomic E-state index is 4.19. The monoisotopic (exact) mass is 214 g/mol. The van der Waals surface area contributed by atoms with E-state index in [1.165, 1.54) is 66.1 Å². The third-order valence-electron chi connectivity index (χ3n) is 2.22. The highest BCUT2D eigenvalue weighted by atomic mass is 31.7. The molecular formula is C10H18NP2. The summed E-state index contributed by atoms with van der Waals surface area (Å²) in [6.45, 7) is 2.27. The average Bonchev–Trinajstić information content (AvgIpc) is 2.63. The van der Waals surface area contributed by atoms with Crippen molar-refractivity contribution in [2.24, 2.45) is 0 Å². The molecule has 0 aliphatic carbocycles. The molecule has 1 nitrogen and oxygen atoms in total. The molecule has 73 valence electrons. The van der Waals surface area contributed by atoms with Gasteiger partial charge in [-0.15, -0.1) is 0 Å². The molecule has 0 unspecified atom stereocenters. The van der Waals surface area contributed by atoms with Gasteiger partial charge in [0.25, 0.3) is 0 Å². The zero-order valence-electron chi connectivity index (χ0n) is 8.37. The van der Waals surface area contributed by atoms with Crippen LogP contribution in [0.3, 0.4) is 0 Å². The highest BCUT2D eigenvalue weighted by molar-refractivity contribution is 7.85. The van der Waals surface area contributed by atoms with Crippen molar-refractivity contribution in [3.05, 3.63) is 11.5 Å². The first-order valence-corrected chi connectivity index (χ1v) is 7.68. The molecule has 0 atom stereocenters. The first-order valence-electron chi connectivity index (χ1n) is 5.23. The lowest BCUT2D eigenvalue weighted by Gasteiger charge is -1.99. The fourth-order valence-electron chi connectivity index (χ4n) is 1.40. The van der Waals surface area contributed by atoms with Crippen LogP contribution in [0.25, 0.3) is 0 Å². The highest BCUT2D eigenvalue weighted by Gasteiger charge is 1.99. The molecule has 1 radical (unpaired) electrons. The lowest BCUT2D eigenvalue weighted by atomic mass is 10.1. The molecular weight excluding hydrogens is 196 g/mol. The van der Waals surface area contributed by atoms with Crippen LogP contribution in [0, 0.1) is 0 Å². The van der Waals surface area contributed by atoms with Gasteiger partial charge in [0, 0.05) is 11.5 Å². The minimum Gasteiger partial charge on any atom is -0.230 e. The molecule has 0 saturated carbocycles. The lowest BCUT2D eigenvalue weighted by Crippen LogP contribution is -1.80. The quantitative estimate of drug-likeness (QED) is 0.422. The third-order valence-corrected chi connectivity index (χ3v) is 4.47. The van der Waals surface area contributed by atoms with Crippen molar-refractivity contribution in [1.82, 2.24) is 5.09 Å². The van der Waals surface area contributed by atoms with E-state index in [1.807, 2.05) is 0 Å². The summed E-state index contributed by atoms with van der Waals surface area (Å²) in [5.74, 6) is 0. The van der Waals surface area contributed by atoms with Crippen molar-refractivity contribution >= 4 is 15.9 Å². The van der Waals surface area contributed by atoms with Crippen molar-refractivity contribution in [2.75, 3.05) is 0 Å². The fourth-order valence-corrected chi connectivity index (χ4v) is 3.33. The van der Waals surface area contributed by atoms with E-state index in [1.54, 1.807) is 0 Å². The Hall–Kier alpha value is 0.140. The number of hydrogen-bond donors (Lipinski definition) is 0. The molecule has 0 spiro atoms. The fraction of sp³-hybridized carbons (Fsp3) is 0.800. The van der Waals surface area contributed by atoms with Crippen molar-refractivity contribution in [3.8, 4) is 0 Å². The predicted molar refractivity (Wildman–Crippen MR) is 62.1 cm³/mol. The minimum atomic E-state index is 1.23. The molecule has 0 amide bonds. The Labute approximate surface area is 84.9 Å². The Kier molecular flexibility index (Phi) is 6.50. The van der Waals surface area contributed by atoms with E-state index >= 15 is 0 Å². The van der Waals surface area contributed by atoms with Crippen LogP contribution in [0.2, 0.25) is 0 Å². The van der Waals surface area contributed by atoms with E-state index < -0.39 is 0 Å². The maximum Gasteiger partial charge on any atom is 0.0696 e. The second kappa shape index (κ2) is 7.54. The van der Waals surface area contributed by atoms with E-state index in [0.29, 0.717) is 0 Å². The first-order chi connectivity index (χ1) is 6.43. The third kappa shape index (κ3) is 5.45. The van der Waals surface area contributed by atoms with Gasteiger partial charge in [-0.1, -0.05) is 39.0 Å². The van der Waals surface area contributed by atoms with E-state index in [9.17, 15) is 0 Å². The molecule has 0 fully saturated rings. The number of hydrogen-bond acceptors (Lipinski definition) is 0. The maximum atomic E-state index is 4.19. The van der Waals surface area contributed by atoms with Gasteiger partial charge in [-0.05, 0) is 20.7 Å². The average molecular weight is 214 g/mol. The van der Waals surface area contributed by atoms with Crippen LogP contribution in [-0.4, -0.2) is 0 Å². The molecule has 3 heteroatoms. The number of nitrogens with zero attached hydrogens (tertiary/aromatic N) is 1. The molecule has 0 bridgehead atoms. The normalized spacial score (nSPS) is 16.8. The largest absolute Gasteiger partial charge is 0.230 e. The summed E-state index contributed by atoms with van der Waals surface area (Å²) in [5.41, 5.74) is 0. The molecule has 0 aromatic rings.